The third-order valence-electron chi connectivity index (χ3n) is 18.2. The van der Waals surface area contributed by atoms with Crippen LogP contribution in [0.15, 0.2) is 291 Å². The van der Waals surface area contributed by atoms with Gasteiger partial charge in [0.25, 0.3) is 0 Å². The number of rotatable bonds is 3. The summed E-state index contributed by atoms with van der Waals surface area (Å²) in [5.74, 6) is 40.2. The van der Waals surface area contributed by atoms with Crippen molar-refractivity contribution >= 4 is 64.6 Å². The van der Waals surface area contributed by atoms with Crippen LogP contribution in [0.5, 0.6) is 34.5 Å². The van der Waals surface area contributed by atoms with Gasteiger partial charge < -0.3 is 61.3 Å². The molecule has 0 fully saturated rings. The third-order valence-corrected chi connectivity index (χ3v) is 18.2. The number of hydrogen-bond donors (Lipinski definition) is 12. The average Bonchev–Trinajstić information content (AvgIpc) is 0.759. The van der Waals surface area contributed by atoms with Gasteiger partial charge in [-0.15, -0.1) is 0 Å². The number of benzene rings is 16. The molecule has 0 atom stereocenters. The van der Waals surface area contributed by atoms with Gasteiger partial charge in [-0.3, -0.25) is 0 Å². The first kappa shape index (κ1) is 103. The van der Waals surface area contributed by atoms with Gasteiger partial charge in [-0.2, -0.15) is 0 Å². The number of aliphatic hydroxyl groups is 6. The third kappa shape index (κ3) is 29.3. The molecule has 0 aliphatic carbocycles. The van der Waals surface area contributed by atoms with Gasteiger partial charge in [-0.1, -0.05) is 235 Å². The Hall–Kier alpha value is -12.9. The fraction of sp³-hybridized carbons (Fsp3) is 0.158. The zero-order chi connectivity index (χ0) is 90.7. The molecule has 16 aromatic rings. The van der Waals surface area contributed by atoms with E-state index >= 15 is 0 Å². The number of aliphatic hydroxyl groups excluding tert-OH is 6. The summed E-state index contributed by atoms with van der Waals surface area (Å²) >= 11 is 0. The molecule has 0 unspecified atom stereocenters. The van der Waals surface area contributed by atoms with E-state index in [1.165, 1.54) is 0 Å². The number of hydrogen-bond acceptors (Lipinski definition) is 12. The number of fused-ring (bicyclic) bond motifs is 6. The van der Waals surface area contributed by atoms with Crippen LogP contribution >= 0.6 is 0 Å². The SMILES string of the molecule is CC(C)O.CC(C)O.CC(C)O.CC(C)O.CC(C)O.CC(C)O.Oc1ccc2ccccc2c1-c1c(O)cc(C#Cc2ccc(C#Cc3cc(C#Cc4ccc(C#Cc5cc(O)c(-c6c(O)ccc7ccccc67)c6ccccc56)cc4)cc(C#Cc4ccc(C#Cc5cc(O)c(-c6c(O)ccc7ccccc67)c6ccccc56)cc4)c3)cc2)c2ccccc12.[Ti].[Ti].[Ti]. The molecule has 0 radical (unpaired) electrons. The minimum absolute atomic E-state index is 0. The van der Waals surface area contributed by atoms with E-state index in [2.05, 4.69) is 71.0 Å². The fourth-order valence-electron chi connectivity index (χ4n) is 13.4. The molecule has 0 saturated heterocycles. The molecule has 12 nitrogen and oxygen atoms in total. The predicted octanol–water partition coefficient (Wildman–Crippen LogP) is 22.6. The Morgan fingerprint density at radius 2 is 0.318 bits per heavy atom. The second-order valence-corrected chi connectivity index (χ2v) is 31.2. The Balaban J connectivity index is 0.000000756. The summed E-state index contributed by atoms with van der Waals surface area (Å²) < 4.78 is 0. The molecule has 0 aliphatic rings. The van der Waals surface area contributed by atoms with E-state index in [0.29, 0.717) is 66.8 Å². The summed E-state index contributed by atoms with van der Waals surface area (Å²) in [6, 6.07) is 91.2. The van der Waals surface area contributed by atoms with Crippen LogP contribution in [0.2, 0.25) is 0 Å². The molecule has 0 aliphatic heterocycles. The fourth-order valence-corrected chi connectivity index (χ4v) is 13.4. The van der Waals surface area contributed by atoms with Crippen LogP contribution in [-0.4, -0.2) is 97.9 Å². The van der Waals surface area contributed by atoms with Crippen LogP contribution in [0, 0.1) is 71.0 Å². The molecule has 642 valence electrons. The van der Waals surface area contributed by atoms with Crippen LogP contribution in [0.1, 0.15) is 150 Å². The Morgan fingerprint density at radius 3 is 0.519 bits per heavy atom. The van der Waals surface area contributed by atoms with Crippen LogP contribution in [0.25, 0.3) is 98.0 Å². The Kier molecular flexibility index (Phi) is 40.0. The van der Waals surface area contributed by atoms with E-state index < -0.39 is 0 Å². The van der Waals surface area contributed by atoms with Crippen LogP contribution in [0.3, 0.4) is 0 Å². The van der Waals surface area contributed by atoms with Crippen LogP contribution < -0.4 is 0 Å². The van der Waals surface area contributed by atoms with Crippen molar-refractivity contribution in [3.63, 3.8) is 0 Å². The summed E-state index contributed by atoms with van der Waals surface area (Å²) in [6.07, 6.45) is -1.00. The Bertz CT molecular complexity index is 6270. The minimum atomic E-state index is -0.167. The largest absolute Gasteiger partial charge is 0.507 e. The van der Waals surface area contributed by atoms with Gasteiger partial charge in [0.2, 0.25) is 0 Å². The zero-order valence-electron chi connectivity index (χ0n) is 74.0. The van der Waals surface area contributed by atoms with Crippen molar-refractivity contribution in [3.8, 4) is 139 Å². The molecule has 0 aromatic heterocycles. The molecule has 0 heterocycles. The Labute approximate surface area is 801 Å². The van der Waals surface area contributed by atoms with Crippen molar-refractivity contribution in [3.05, 3.63) is 358 Å². The van der Waals surface area contributed by atoms with Gasteiger partial charge in [-0.25, -0.2) is 0 Å². The summed E-state index contributed by atoms with van der Waals surface area (Å²) in [5.41, 5.74) is 12.0. The van der Waals surface area contributed by atoms with Gasteiger partial charge >= 0.3 is 0 Å². The Morgan fingerprint density at radius 1 is 0.163 bits per heavy atom. The first-order valence-corrected chi connectivity index (χ1v) is 41.4. The van der Waals surface area contributed by atoms with Gasteiger partial charge in [-0.05, 0) is 275 Å². The molecule has 0 amide bonds. The smallest absolute Gasteiger partial charge is 0.125 e. The molecule has 0 bridgehead atoms. The normalized spacial score (nSPS) is 10.1. The minimum Gasteiger partial charge on any atom is -0.507 e. The van der Waals surface area contributed by atoms with Crippen LogP contribution in [0.4, 0.5) is 0 Å². The van der Waals surface area contributed by atoms with E-state index in [1.54, 1.807) is 119 Å². The van der Waals surface area contributed by atoms with Gasteiger partial charge in [0.1, 0.15) is 34.5 Å². The van der Waals surface area contributed by atoms with E-state index in [0.717, 1.165) is 98.0 Å². The van der Waals surface area contributed by atoms with Crippen molar-refractivity contribution in [1.82, 2.24) is 0 Å². The maximum Gasteiger partial charge on any atom is 0.125 e. The van der Waals surface area contributed by atoms with Gasteiger partial charge in [0.15, 0.2) is 0 Å². The standard InChI is InChI=1S/C96H54O6.6C3H8O.3Ti/c97-85-52-49-70-13-1-4-19-79(70)91(85)94-82-22-10-7-16-76(82)73(58-88(94)100)46-43-64-31-25-61(26-32-64)37-40-67-55-68(41-38-62-27-33-65(34-28-62)44-47-74-59-89(101)95(83-23-11-8-17-77(74)83)92-80-20-5-2-14-71(80)50-53-86(92)98)57-69(56-67)42-39-63-29-35-66(36-30-63)45-48-75-60-90(102)96(84-24-12-9-18-78(75)84)93-81-21-6-3-15-72(81)51-54-87(93)99;6*1-3(2)4;;;/h1-36,49-60,97-102H;6*3-4H,1-2H3;;;. The molecule has 0 spiro atoms. The predicted molar refractivity (Wildman–Crippen MR) is 516 cm³/mol. The van der Waals surface area contributed by atoms with Crippen molar-refractivity contribution in [2.45, 2.75) is 120 Å². The average molecular weight is 1810 g/mol. The molecule has 16 aromatic carbocycles. The maximum atomic E-state index is 11.6. The first-order valence-electron chi connectivity index (χ1n) is 41.4. The van der Waals surface area contributed by atoms with Crippen molar-refractivity contribution < 1.29 is 126 Å². The van der Waals surface area contributed by atoms with Crippen molar-refractivity contribution in [2.75, 3.05) is 0 Å². The maximum absolute atomic E-state index is 11.6. The van der Waals surface area contributed by atoms with E-state index in [9.17, 15) is 30.6 Å². The van der Waals surface area contributed by atoms with Gasteiger partial charge in [0, 0.05) is 202 Å². The zero-order valence-corrected chi connectivity index (χ0v) is 78.7. The second-order valence-electron chi connectivity index (χ2n) is 31.2. The van der Waals surface area contributed by atoms with E-state index in [4.69, 9.17) is 30.6 Å². The molecular weight excluding hydrogens is 1700 g/mol. The summed E-state index contributed by atoms with van der Waals surface area (Å²) in [7, 11) is 0. The van der Waals surface area contributed by atoms with Crippen molar-refractivity contribution in [1.29, 1.82) is 0 Å². The topological polar surface area (TPSA) is 243 Å². The molecule has 0 saturated carbocycles. The number of aromatic hydroxyl groups is 6. The summed E-state index contributed by atoms with van der Waals surface area (Å²) in [4.78, 5) is 0. The second kappa shape index (κ2) is 50.0. The van der Waals surface area contributed by atoms with Gasteiger partial charge in [0.05, 0.1) is 0 Å². The summed E-state index contributed by atoms with van der Waals surface area (Å²) in [6.45, 7) is 20.7. The number of phenolic OH excluding ortho intramolecular Hbond substituents is 6. The van der Waals surface area contributed by atoms with E-state index in [-0.39, 0.29) is 136 Å². The van der Waals surface area contributed by atoms with Crippen LogP contribution in [-0.2, 0) is 65.2 Å². The molecule has 129 heavy (non-hydrogen) atoms. The molecule has 12 N–H and O–H groups in total. The number of phenols is 6. The molecular formula is C114H102O12Ti3. The molecule has 16 rings (SSSR count). The molecule has 15 heteroatoms. The van der Waals surface area contributed by atoms with Crippen molar-refractivity contribution in [2.24, 2.45) is 0 Å². The van der Waals surface area contributed by atoms with E-state index in [1.807, 2.05) is 255 Å². The first-order chi connectivity index (χ1) is 60.4. The monoisotopic (exact) mass is 1810 g/mol. The summed E-state index contributed by atoms with van der Waals surface area (Å²) in [5, 5.41) is 127. The quantitative estimate of drug-likeness (QED) is 0.0584.